The molecule has 4 heteroatoms. The monoisotopic (exact) mass is 362 g/mol. The topological polar surface area (TPSA) is 52.6 Å². The van der Waals surface area contributed by atoms with E-state index in [2.05, 4.69) is 0 Å². The first-order valence-electron chi connectivity index (χ1n) is 9.01. The average Bonchev–Trinajstić information content (AvgIpc) is 2.68. The largest absolute Gasteiger partial charge is 0.461 e. The highest BCUT2D eigenvalue weighted by Crippen LogP contribution is 2.18. The lowest BCUT2D eigenvalue weighted by Gasteiger charge is -2.08. The Morgan fingerprint density at radius 3 is 2.33 bits per heavy atom. The zero-order chi connectivity index (χ0) is 19.1. The number of aryl methyl sites for hydroxylation is 1. The number of carbonyl (C=O) groups is 2. The number of esters is 2. The van der Waals surface area contributed by atoms with Crippen LogP contribution < -0.4 is 4.74 Å². The first-order valence-corrected chi connectivity index (χ1v) is 9.01. The van der Waals surface area contributed by atoms with E-state index in [1.165, 1.54) is 0 Å². The van der Waals surface area contributed by atoms with Gasteiger partial charge in [-0.05, 0) is 47.4 Å². The van der Waals surface area contributed by atoms with Crippen LogP contribution in [0.4, 0.5) is 0 Å². The Kier molecular flexibility index (Phi) is 6.21. The molecular weight excluding hydrogens is 340 g/mol. The van der Waals surface area contributed by atoms with Crippen LogP contribution in [0.3, 0.4) is 0 Å². The first kappa shape index (κ1) is 18.6. The standard InChI is InChI=1S/C23H22O4/c1-17-7-2-5-10-21(17)27-23(25)12-6-11-22(24)26-16-18-13-14-19-8-3-4-9-20(19)15-18/h2-5,7-10,13-15H,6,11-12,16H2,1H3. The van der Waals surface area contributed by atoms with E-state index in [-0.39, 0.29) is 31.4 Å². The number of hydrogen-bond acceptors (Lipinski definition) is 4. The molecule has 0 fully saturated rings. The smallest absolute Gasteiger partial charge is 0.311 e. The van der Waals surface area contributed by atoms with Crippen molar-refractivity contribution >= 4 is 22.7 Å². The Labute approximate surface area is 158 Å². The van der Waals surface area contributed by atoms with Crippen molar-refractivity contribution in [1.29, 1.82) is 0 Å². The average molecular weight is 362 g/mol. The molecular formula is C23H22O4. The minimum absolute atomic E-state index is 0.180. The number of para-hydroxylation sites is 1. The van der Waals surface area contributed by atoms with E-state index in [4.69, 9.17) is 9.47 Å². The molecule has 3 aromatic rings. The van der Waals surface area contributed by atoms with Crippen LogP contribution in [-0.4, -0.2) is 11.9 Å². The van der Waals surface area contributed by atoms with Gasteiger partial charge in [0.1, 0.15) is 12.4 Å². The van der Waals surface area contributed by atoms with Gasteiger partial charge in [-0.1, -0.05) is 54.6 Å². The molecule has 0 heterocycles. The minimum atomic E-state index is -0.341. The highest BCUT2D eigenvalue weighted by atomic mass is 16.5. The van der Waals surface area contributed by atoms with Crippen LogP contribution in [0.15, 0.2) is 66.7 Å². The highest BCUT2D eigenvalue weighted by Gasteiger charge is 2.10. The summed E-state index contributed by atoms with van der Waals surface area (Å²) in [4.78, 5) is 23.8. The molecule has 0 spiro atoms. The van der Waals surface area contributed by atoms with Gasteiger partial charge in [-0.25, -0.2) is 0 Å². The summed E-state index contributed by atoms with van der Waals surface area (Å²) >= 11 is 0. The molecule has 138 valence electrons. The third-order valence-electron chi connectivity index (χ3n) is 4.29. The van der Waals surface area contributed by atoms with Crippen LogP contribution in [0, 0.1) is 6.92 Å². The lowest BCUT2D eigenvalue weighted by atomic mass is 10.1. The molecule has 3 aromatic carbocycles. The Balaban J connectivity index is 1.40. The van der Waals surface area contributed by atoms with Gasteiger partial charge in [0.2, 0.25) is 0 Å². The predicted octanol–water partition coefficient (Wildman–Crippen LogP) is 4.97. The maximum atomic E-state index is 11.9. The van der Waals surface area contributed by atoms with Crippen LogP contribution in [0.1, 0.15) is 30.4 Å². The molecule has 0 atom stereocenters. The van der Waals surface area contributed by atoms with Gasteiger partial charge in [-0.2, -0.15) is 0 Å². The molecule has 4 nitrogen and oxygen atoms in total. The lowest BCUT2D eigenvalue weighted by Crippen LogP contribution is -2.10. The number of hydrogen-bond donors (Lipinski definition) is 0. The highest BCUT2D eigenvalue weighted by molar-refractivity contribution is 5.83. The van der Waals surface area contributed by atoms with Crippen LogP contribution in [-0.2, 0) is 20.9 Å². The number of rotatable bonds is 7. The van der Waals surface area contributed by atoms with E-state index in [9.17, 15) is 9.59 Å². The summed E-state index contributed by atoms with van der Waals surface area (Å²) < 4.78 is 10.6. The summed E-state index contributed by atoms with van der Waals surface area (Å²) in [5.41, 5.74) is 1.85. The SMILES string of the molecule is Cc1ccccc1OC(=O)CCCC(=O)OCc1ccc2ccccc2c1. The predicted molar refractivity (Wildman–Crippen MR) is 104 cm³/mol. The Morgan fingerprint density at radius 2 is 1.52 bits per heavy atom. The molecule has 0 saturated heterocycles. The zero-order valence-corrected chi connectivity index (χ0v) is 15.3. The van der Waals surface area contributed by atoms with Crippen LogP contribution in [0.5, 0.6) is 5.75 Å². The maximum absolute atomic E-state index is 11.9. The summed E-state index contributed by atoms with van der Waals surface area (Å²) in [6, 6.07) is 21.4. The molecule has 0 amide bonds. The van der Waals surface area contributed by atoms with Gasteiger partial charge in [-0.15, -0.1) is 0 Å². The second-order valence-electron chi connectivity index (χ2n) is 6.44. The summed E-state index contributed by atoms with van der Waals surface area (Å²) in [6.45, 7) is 2.12. The van der Waals surface area contributed by atoms with Crippen molar-refractivity contribution < 1.29 is 19.1 Å². The van der Waals surface area contributed by atoms with E-state index in [0.29, 0.717) is 12.2 Å². The molecule has 0 radical (unpaired) electrons. The first-order chi connectivity index (χ1) is 13.1. The molecule has 0 aliphatic rings. The van der Waals surface area contributed by atoms with Gasteiger partial charge < -0.3 is 9.47 Å². The van der Waals surface area contributed by atoms with Gasteiger partial charge in [0.15, 0.2) is 0 Å². The molecule has 27 heavy (non-hydrogen) atoms. The number of fused-ring (bicyclic) bond motifs is 1. The summed E-state index contributed by atoms with van der Waals surface area (Å²) in [6.07, 6.45) is 0.775. The van der Waals surface area contributed by atoms with Crippen molar-refractivity contribution in [3.05, 3.63) is 77.9 Å². The van der Waals surface area contributed by atoms with E-state index in [1.807, 2.05) is 67.6 Å². The fourth-order valence-corrected chi connectivity index (χ4v) is 2.79. The maximum Gasteiger partial charge on any atom is 0.311 e. The summed E-state index contributed by atoms with van der Waals surface area (Å²) in [5, 5.41) is 2.27. The Hall–Kier alpha value is -3.14. The van der Waals surface area contributed by atoms with Crippen molar-refractivity contribution in [3.63, 3.8) is 0 Å². The second kappa shape index (κ2) is 8.99. The number of ether oxygens (including phenoxy) is 2. The van der Waals surface area contributed by atoms with Crippen molar-refractivity contribution in [3.8, 4) is 5.75 Å². The quantitative estimate of drug-likeness (QED) is 0.440. The van der Waals surface area contributed by atoms with E-state index < -0.39 is 0 Å². The van der Waals surface area contributed by atoms with Gasteiger partial charge >= 0.3 is 11.9 Å². The second-order valence-corrected chi connectivity index (χ2v) is 6.44. The molecule has 0 aliphatic heterocycles. The molecule has 0 unspecified atom stereocenters. The molecule has 0 aromatic heterocycles. The van der Waals surface area contributed by atoms with Crippen molar-refractivity contribution in [2.45, 2.75) is 32.8 Å². The Bertz CT molecular complexity index is 946. The molecule has 0 bridgehead atoms. The molecule has 0 N–H and O–H groups in total. The van der Waals surface area contributed by atoms with E-state index >= 15 is 0 Å². The third-order valence-corrected chi connectivity index (χ3v) is 4.29. The third kappa shape index (κ3) is 5.42. The van der Waals surface area contributed by atoms with E-state index in [0.717, 1.165) is 21.9 Å². The van der Waals surface area contributed by atoms with Gasteiger partial charge in [-0.3, -0.25) is 9.59 Å². The van der Waals surface area contributed by atoms with Gasteiger partial charge in [0.25, 0.3) is 0 Å². The molecule has 0 saturated carbocycles. The van der Waals surface area contributed by atoms with Crippen molar-refractivity contribution in [1.82, 2.24) is 0 Å². The number of carbonyl (C=O) groups excluding carboxylic acids is 2. The zero-order valence-electron chi connectivity index (χ0n) is 15.3. The molecule has 0 aliphatic carbocycles. The summed E-state index contributed by atoms with van der Waals surface area (Å²) in [7, 11) is 0. The number of benzene rings is 3. The lowest BCUT2D eigenvalue weighted by molar-refractivity contribution is -0.145. The van der Waals surface area contributed by atoms with Crippen LogP contribution >= 0.6 is 0 Å². The minimum Gasteiger partial charge on any atom is -0.461 e. The normalized spacial score (nSPS) is 10.6. The summed E-state index contributed by atoms with van der Waals surface area (Å²) in [5.74, 6) is -0.0974. The van der Waals surface area contributed by atoms with Crippen molar-refractivity contribution in [2.75, 3.05) is 0 Å². The van der Waals surface area contributed by atoms with Crippen molar-refractivity contribution in [2.24, 2.45) is 0 Å². The Morgan fingerprint density at radius 1 is 0.815 bits per heavy atom. The fourth-order valence-electron chi connectivity index (χ4n) is 2.79. The van der Waals surface area contributed by atoms with E-state index in [1.54, 1.807) is 6.07 Å². The molecule has 3 rings (SSSR count). The fraction of sp³-hybridized carbons (Fsp3) is 0.217. The van der Waals surface area contributed by atoms with Crippen LogP contribution in [0.25, 0.3) is 10.8 Å². The van der Waals surface area contributed by atoms with Gasteiger partial charge in [0, 0.05) is 12.8 Å². The van der Waals surface area contributed by atoms with Crippen LogP contribution in [0.2, 0.25) is 0 Å². The van der Waals surface area contributed by atoms with Gasteiger partial charge in [0.05, 0.1) is 0 Å².